The Balaban J connectivity index is 2.61. The Morgan fingerprint density at radius 1 is 1.35 bits per heavy atom. The van der Waals surface area contributed by atoms with Gasteiger partial charge in [0.15, 0.2) is 11.7 Å². The van der Waals surface area contributed by atoms with Gasteiger partial charge in [-0.25, -0.2) is 4.79 Å². The van der Waals surface area contributed by atoms with Crippen molar-refractivity contribution in [1.82, 2.24) is 5.32 Å². The minimum Gasteiger partial charge on any atom is -0.479 e. The Kier molecular flexibility index (Phi) is 5.35. The van der Waals surface area contributed by atoms with E-state index >= 15 is 0 Å². The van der Waals surface area contributed by atoms with E-state index in [-0.39, 0.29) is 6.54 Å². The zero-order chi connectivity index (χ0) is 15.3. The Hall–Kier alpha value is -1.79. The summed E-state index contributed by atoms with van der Waals surface area (Å²) in [6, 6.07) is 6.48. The molecule has 3 N–H and O–H groups in total. The molecule has 1 unspecified atom stereocenters. The first-order valence-electron chi connectivity index (χ1n) is 5.86. The molecule has 0 heterocycles. The minimum atomic E-state index is -1.65. The van der Waals surface area contributed by atoms with Gasteiger partial charge in [0.25, 0.3) is 5.91 Å². The SMILES string of the molecule is CC(C)(Oc1ccc(Cl)cc1)C(=O)NCC(O)C(=O)O. The van der Waals surface area contributed by atoms with Crippen LogP contribution in [0.2, 0.25) is 5.02 Å². The molecule has 0 aromatic heterocycles. The predicted molar refractivity (Wildman–Crippen MR) is 72.8 cm³/mol. The summed E-state index contributed by atoms with van der Waals surface area (Å²) in [6.07, 6.45) is -1.65. The standard InChI is InChI=1S/C13H16ClNO5/c1-13(2,12(19)15-7-10(16)11(17)18)20-9-5-3-8(14)4-6-9/h3-6,10,16H,7H2,1-2H3,(H,15,19)(H,17,18). The summed E-state index contributed by atoms with van der Waals surface area (Å²) in [5, 5.41) is 20.5. The second kappa shape index (κ2) is 6.58. The number of amides is 1. The average Bonchev–Trinajstić information content (AvgIpc) is 2.37. The van der Waals surface area contributed by atoms with Gasteiger partial charge >= 0.3 is 5.97 Å². The van der Waals surface area contributed by atoms with Gasteiger partial charge in [0.1, 0.15) is 5.75 Å². The van der Waals surface area contributed by atoms with Crippen molar-refractivity contribution < 1.29 is 24.5 Å². The van der Waals surface area contributed by atoms with Gasteiger partial charge in [-0.1, -0.05) is 11.6 Å². The Bertz CT molecular complexity index is 486. The van der Waals surface area contributed by atoms with E-state index in [9.17, 15) is 9.59 Å². The van der Waals surface area contributed by atoms with Crippen LogP contribution in [0.3, 0.4) is 0 Å². The van der Waals surface area contributed by atoms with Crippen LogP contribution in [0, 0.1) is 0 Å². The van der Waals surface area contributed by atoms with Crippen LogP contribution in [0.1, 0.15) is 13.8 Å². The van der Waals surface area contributed by atoms with Crippen LogP contribution in [0.5, 0.6) is 5.75 Å². The largest absolute Gasteiger partial charge is 0.479 e. The highest BCUT2D eigenvalue weighted by Crippen LogP contribution is 2.20. The van der Waals surface area contributed by atoms with E-state index in [1.165, 1.54) is 13.8 Å². The maximum absolute atomic E-state index is 11.9. The molecule has 6 nitrogen and oxygen atoms in total. The van der Waals surface area contributed by atoms with E-state index in [0.717, 1.165) is 0 Å². The molecule has 1 aromatic rings. The second-order valence-corrected chi connectivity index (χ2v) is 5.07. The maximum atomic E-state index is 11.9. The van der Waals surface area contributed by atoms with Crippen molar-refractivity contribution >= 4 is 23.5 Å². The maximum Gasteiger partial charge on any atom is 0.334 e. The molecule has 0 bridgehead atoms. The molecular weight excluding hydrogens is 286 g/mol. The summed E-state index contributed by atoms with van der Waals surface area (Å²) < 4.78 is 5.51. The fourth-order valence-electron chi connectivity index (χ4n) is 1.33. The third-order valence-electron chi connectivity index (χ3n) is 2.47. The highest BCUT2D eigenvalue weighted by atomic mass is 35.5. The Morgan fingerprint density at radius 3 is 2.40 bits per heavy atom. The van der Waals surface area contributed by atoms with Crippen LogP contribution in [-0.4, -0.2) is 40.3 Å². The van der Waals surface area contributed by atoms with Crippen molar-refractivity contribution in [2.45, 2.75) is 25.6 Å². The summed E-state index contributed by atoms with van der Waals surface area (Å²) in [5.41, 5.74) is -1.22. The highest BCUT2D eigenvalue weighted by molar-refractivity contribution is 6.30. The number of ether oxygens (including phenoxy) is 1. The van der Waals surface area contributed by atoms with Crippen LogP contribution in [0.25, 0.3) is 0 Å². The quantitative estimate of drug-likeness (QED) is 0.730. The number of halogens is 1. The molecule has 1 aromatic carbocycles. The van der Waals surface area contributed by atoms with Gasteiger partial charge in [-0.05, 0) is 38.1 Å². The van der Waals surface area contributed by atoms with Crippen molar-refractivity contribution in [1.29, 1.82) is 0 Å². The molecule has 20 heavy (non-hydrogen) atoms. The van der Waals surface area contributed by atoms with Crippen molar-refractivity contribution in [2.75, 3.05) is 6.54 Å². The number of carboxylic acid groups (broad SMARTS) is 1. The van der Waals surface area contributed by atoms with E-state index in [1.807, 2.05) is 0 Å². The number of rotatable bonds is 6. The minimum absolute atomic E-state index is 0.387. The van der Waals surface area contributed by atoms with E-state index in [4.69, 9.17) is 26.6 Å². The molecule has 0 radical (unpaired) electrons. The highest BCUT2D eigenvalue weighted by Gasteiger charge is 2.30. The van der Waals surface area contributed by atoms with Crippen LogP contribution in [0.4, 0.5) is 0 Å². The van der Waals surface area contributed by atoms with Gasteiger partial charge in [0.05, 0.1) is 6.54 Å². The molecule has 0 aliphatic heterocycles. The van der Waals surface area contributed by atoms with Gasteiger partial charge in [0, 0.05) is 5.02 Å². The van der Waals surface area contributed by atoms with E-state index in [1.54, 1.807) is 24.3 Å². The molecule has 0 fully saturated rings. The molecule has 0 aliphatic rings. The lowest BCUT2D eigenvalue weighted by Crippen LogP contribution is -2.49. The number of aliphatic hydroxyl groups is 1. The average molecular weight is 302 g/mol. The fourth-order valence-corrected chi connectivity index (χ4v) is 1.46. The van der Waals surface area contributed by atoms with Gasteiger partial charge in [-0.15, -0.1) is 0 Å². The molecular formula is C13H16ClNO5. The second-order valence-electron chi connectivity index (χ2n) is 4.63. The number of aliphatic hydroxyl groups excluding tert-OH is 1. The third-order valence-corrected chi connectivity index (χ3v) is 2.73. The number of hydrogen-bond donors (Lipinski definition) is 3. The molecule has 0 saturated heterocycles. The summed E-state index contributed by atoms with van der Waals surface area (Å²) in [7, 11) is 0. The number of carbonyl (C=O) groups excluding carboxylic acids is 1. The number of hydrogen-bond acceptors (Lipinski definition) is 4. The molecule has 0 spiro atoms. The number of aliphatic carboxylic acids is 1. The Morgan fingerprint density at radius 2 is 1.90 bits per heavy atom. The van der Waals surface area contributed by atoms with Crippen molar-refractivity contribution in [3.8, 4) is 5.75 Å². The molecule has 1 atom stereocenters. The van der Waals surface area contributed by atoms with Gasteiger partial charge in [0.2, 0.25) is 0 Å². The van der Waals surface area contributed by atoms with Crippen molar-refractivity contribution in [3.63, 3.8) is 0 Å². The van der Waals surface area contributed by atoms with E-state index in [0.29, 0.717) is 10.8 Å². The monoisotopic (exact) mass is 301 g/mol. The first kappa shape index (κ1) is 16.3. The zero-order valence-electron chi connectivity index (χ0n) is 11.1. The molecule has 1 rings (SSSR count). The zero-order valence-corrected chi connectivity index (χ0v) is 11.8. The molecule has 1 amide bonds. The van der Waals surface area contributed by atoms with Gasteiger partial charge < -0.3 is 20.3 Å². The number of nitrogens with one attached hydrogen (secondary N) is 1. The van der Waals surface area contributed by atoms with Crippen molar-refractivity contribution in [2.24, 2.45) is 0 Å². The lowest BCUT2D eigenvalue weighted by molar-refractivity contribution is -0.147. The summed E-state index contributed by atoms with van der Waals surface area (Å²) >= 11 is 5.74. The summed E-state index contributed by atoms with van der Waals surface area (Å²) in [6.45, 7) is 2.68. The van der Waals surface area contributed by atoms with Gasteiger partial charge in [-0.2, -0.15) is 0 Å². The normalized spacial score (nSPS) is 12.6. The summed E-state index contributed by atoms with van der Waals surface area (Å²) in [5.74, 6) is -1.48. The third kappa shape index (κ3) is 4.71. The summed E-state index contributed by atoms with van der Waals surface area (Å²) in [4.78, 5) is 22.3. The molecule has 0 saturated carbocycles. The first-order chi connectivity index (χ1) is 9.22. The predicted octanol–water partition coefficient (Wildman–Crippen LogP) is 1.06. The van der Waals surface area contributed by atoms with Crippen LogP contribution in [-0.2, 0) is 9.59 Å². The lowest BCUT2D eigenvalue weighted by atomic mass is 10.1. The smallest absolute Gasteiger partial charge is 0.334 e. The molecule has 0 aliphatic carbocycles. The lowest BCUT2D eigenvalue weighted by Gasteiger charge is -2.25. The topological polar surface area (TPSA) is 95.9 Å². The fraction of sp³-hybridized carbons (Fsp3) is 0.385. The first-order valence-corrected chi connectivity index (χ1v) is 6.24. The van der Waals surface area contributed by atoms with Crippen LogP contribution in [0.15, 0.2) is 24.3 Å². The van der Waals surface area contributed by atoms with Crippen LogP contribution < -0.4 is 10.1 Å². The molecule has 110 valence electrons. The van der Waals surface area contributed by atoms with E-state index < -0.39 is 23.6 Å². The Labute approximate surface area is 121 Å². The van der Waals surface area contributed by atoms with E-state index in [2.05, 4.69) is 5.32 Å². The number of carboxylic acids is 1. The number of benzene rings is 1. The number of carbonyl (C=O) groups is 2. The molecule has 7 heteroatoms. The van der Waals surface area contributed by atoms with Crippen molar-refractivity contribution in [3.05, 3.63) is 29.3 Å². The van der Waals surface area contributed by atoms with Crippen LogP contribution >= 0.6 is 11.6 Å². The van der Waals surface area contributed by atoms with Gasteiger partial charge in [-0.3, -0.25) is 4.79 Å².